The maximum atomic E-state index is 12.7. The topological polar surface area (TPSA) is 80.6 Å². The first-order chi connectivity index (χ1) is 13.1. The number of nitrogens with one attached hydrogen (secondary N) is 1. The summed E-state index contributed by atoms with van der Waals surface area (Å²) in [6, 6.07) is 7.24. The fraction of sp³-hybridized carbons (Fsp3) is 0.300. The second kappa shape index (κ2) is 6.13. The Morgan fingerprint density at radius 1 is 1.30 bits per heavy atom. The highest BCUT2D eigenvalue weighted by molar-refractivity contribution is 7.18. The highest BCUT2D eigenvalue weighted by Gasteiger charge is 2.23. The molecule has 136 valence electrons. The van der Waals surface area contributed by atoms with Crippen LogP contribution in [0.25, 0.3) is 21.1 Å². The highest BCUT2D eigenvalue weighted by atomic mass is 32.1. The number of aromatic amines is 1. The van der Waals surface area contributed by atoms with Gasteiger partial charge in [-0.2, -0.15) is 0 Å². The zero-order chi connectivity index (χ0) is 18.5. The van der Waals surface area contributed by atoms with Gasteiger partial charge >= 0.3 is 0 Å². The van der Waals surface area contributed by atoms with Crippen molar-refractivity contribution in [2.45, 2.75) is 32.7 Å². The lowest BCUT2D eigenvalue weighted by Gasteiger charge is -2.17. The van der Waals surface area contributed by atoms with E-state index in [9.17, 15) is 9.59 Å². The molecule has 6 nitrogen and oxygen atoms in total. The van der Waals surface area contributed by atoms with Crippen molar-refractivity contribution >= 4 is 32.5 Å². The van der Waals surface area contributed by atoms with Crippen LogP contribution in [0.4, 0.5) is 0 Å². The van der Waals surface area contributed by atoms with Gasteiger partial charge in [-0.05, 0) is 42.9 Å². The summed E-state index contributed by atoms with van der Waals surface area (Å²) in [4.78, 5) is 39.3. The molecule has 3 heterocycles. The van der Waals surface area contributed by atoms with Gasteiger partial charge in [0.05, 0.1) is 29.2 Å². The van der Waals surface area contributed by atoms with E-state index >= 15 is 0 Å². The number of fused-ring (bicyclic) bond motifs is 4. The van der Waals surface area contributed by atoms with E-state index in [2.05, 4.69) is 21.9 Å². The van der Waals surface area contributed by atoms with Gasteiger partial charge in [-0.15, -0.1) is 11.3 Å². The summed E-state index contributed by atoms with van der Waals surface area (Å²) in [6.45, 7) is 2.44. The molecule has 1 aliphatic carbocycles. The van der Waals surface area contributed by atoms with E-state index in [0.29, 0.717) is 22.6 Å². The Bertz CT molecular complexity index is 1300. The van der Waals surface area contributed by atoms with Crippen LogP contribution in [0.5, 0.6) is 0 Å². The minimum atomic E-state index is -0.136. The second-order valence-corrected chi connectivity index (χ2v) is 8.32. The van der Waals surface area contributed by atoms with Crippen molar-refractivity contribution in [3.63, 3.8) is 0 Å². The van der Waals surface area contributed by atoms with Crippen LogP contribution in [-0.2, 0) is 19.4 Å². The average molecular weight is 378 g/mol. The molecule has 0 saturated heterocycles. The molecule has 0 spiro atoms. The zero-order valence-electron chi connectivity index (χ0n) is 14.9. The molecule has 1 aromatic carbocycles. The standard InChI is InChI=1S/C20H18N4O2S/c1-11-6-7-13-15(8-11)27-19-17(13)18(25)22-16(23-19)9-24-10-21-14-5-3-2-4-12(14)20(24)26/h2-5,10-11H,6-9H2,1H3,(H,22,23,25)/t11-/m0/s1. The Labute approximate surface area is 158 Å². The van der Waals surface area contributed by atoms with Gasteiger partial charge < -0.3 is 4.98 Å². The van der Waals surface area contributed by atoms with E-state index in [1.165, 1.54) is 15.8 Å². The summed E-state index contributed by atoms with van der Waals surface area (Å²) in [6.07, 6.45) is 4.57. The van der Waals surface area contributed by atoms with Gasteiger partial charge in [0.25, 0.3) is 11.1 Å². The van der Waals surface area contributed by atoms with Crippen molar-refractivity contribution in [1.29, 1.82) is 0 Å². The molecular weight excluding hydrogens is 360 g/mol. The third kappa shape index (κ3) is 2.70. The Balaban J connectivity index is 1.59. The number of aromatic nitrogens is 4. The van der Waals surface area contributed by atoms with E-state index in [0.717, 1.165) is 35.0 Å². The molecule has 0 bridgehead atoms. The van der Waals surface area contributed by atoms with Crippen LogP contribution < -0.4 is 11.1 Å². The SMILES string of the molecule is C[C@H]1CCc2c(sc3nc(Cn4cnc5ccccc5c4=O)[nH]c(=O)c23)C1. The predicted octanol–water partition coefficient (Wildman–Crippen LogP) is 2.87. The minimum absolute atomic E-state index is 0.108. The number of rotatable bonds is 2. The van der Waals surface area contributed by atoms with Gasteiger partial charge in [0.1, 0.15) is 10.7 Å². The first-order valence-electron chi connectivity index (χ1n) is 9.08. The highest BCUT2D eigenvalue weighted by Crippen LogP contribution is 2.35. The number of aryl methyl sites for hydroxylation is 1. The van der Waals surface area contributed by atoms with Gasteiger partial charge in [-0.3, -0.25) is 14.2 Å². The molecule has 1 N–H and O–H groups in total. The molecule has 4 aromatic rings. The van der Waals surface area contributed by atoms with E-state index in [4.69, 9.17) is 0 Å². The molecule has 0 aliphatic heterocycles. The Kier molecular flexibility index (Phi) is 3.72. The van der Waals surface area contributed by atoms with Crippen molar-refractivity contribution in [1.82, 2.24) is 19.5 Å². The molecule has 5 rings (SSSR count). The lowest BCUT2D eigenvalue weighted by atomic mass is 9.89. The lowest BCUT2D eigenvalue weighted by Crippen LogP contribution is -2.23. The fourth-order valence-corrected chi connectivity index (χ4v) is 5.25. The Hall–Kier alpha value is -2.80. The molecular formula is C20H18N4O2S. The van der Waals surface area contributed by atoms with Crippen LogP contribution in [0.2, 0.25) is 0 Å². The Morgan fingerprint density at radius 2 is 2.15 bits per heavy atom. The van der Waals surface area contributed by atoms with E-state index in [1.807, 2.05) is 18.2 Å². The van der Waals surface area contributed by atoms with Crippen molar-refractivity contribution in [3.8, 4) is 0 Å². The summed E-state index contributed by atoms with van der Waals surface area (Å²) in [7, 11) is 0. The molecule has 0 unspecified atom stereocenters. The number of nitrogens with zero attached hydrogens (tertiary/aromatic N) is 3. The Morgan fingerprint density at radius 3 is 3.04 bits per heavy atom. The van der Waals surface area contributed by atoms with Crippen molar-refractivity contribution in [3.05, 3.63) is 67.6 Å². The molecule has 1 atom stereocenters. The van der Waals surface area contributed by atoms with Gasteiger partial charge in [-0.1, -0.05) is 19.1 Å². The maximum Gasteiger partial charge on any atom is 0.261 e. The first-order valence-corrected chi connectivity index (χ1v) is 9.89. The number of H-pyrrole nitrogens is 1. The summed E-state index contributed by atoms with van der Waals surface area (Å²) >= 11 is 1.61. The van der Waals surface area contributed by atoms with Crippen LogP contribution in [0.1, 0.15) is 29.6 Å². The van der Waals surface area contributed by atoms with Gasteiger partial charge in [0.2, 0.25) is 0 Å². The molecule has 0 saturated carbocycles. The molecule has 0 amide bonds. The van der Waals surface area contributed by atoms with E-state index in [-0.39, 0.29) is 17.7 Å². The summed E-state index contributed by atoms with van der Waals surface area (Å²) in [5.41, 5.74) is 1.58. The van der Waals surface area contributed by atoms with Crippen LogP contribution in [0.3, 0.4) is 0 Å². The third-order valence-electron chi connectivity index (χ3n) is 5.27. The van der Waals surface area contributed by atoms with Crippen molar-refractivity contribution in [2.75, 3.05) is 0 Å². The van der Waals surface area contributed by atoms with Gasteiger partial charge in [0.15, 0.2) is 0 Å². The number of hydrogen-bond acceptors (Lipinski definition) is 5. The summed E-state index contributed by atoms with van der Waals surface area (Å²) in [5.74, 6) is 1.13. The molecule has 1 aliphatic rings. The van der Waals surface area contributed by atoms with Crippen LogP contribution in [0, 0.1) is 5.92 Å². The average Bonchev–Trinajstić information content (AvgIpc) is 3.02. The monoisotopic (exact) mass is 378 g/mol. The molecule has 3 aromatic heterocycles. The van der Waals surface area contributed by atoms with Crippen LogP contribution in [0.15, 0.2) is 40.2 Å². The third-order valence-corrected chi connectivity index (χ3v) is 6.41. The number of para-hydroxylation sites is 1. The molecule has 0 radical (unpaired) electrons. The number of hydrogen-bond donors (Lipinski definition) is 1. The van der Waals surface area contributed by atoms with Crippen molar-refractivity contribution < 1.29 is 0 Å². The largest absolute Gasteiger partial charge is 0.308 e. The maximum absolute atomic E-state index is 12.7. The normalized spacial score (nSPS) is 16.7. The predicted molar refractivity (Wildman–Crippen MR) is 107 cm³/mol. The van der Waals surface area contributed by atoms with Crippen LogP contribution >= 0.6 is 11.3 Å². The molecule has 27 heavy (non-hydrogen) atoms. The number of benzene rings is 1. The minimum Gasteiger partial charge on any atom is -0.308 e. The summed E-state index contributed by atoms with van der Waals surface area (Å²) in [5, 5.41) is 1.29. The van der Waals surface area contributed by atoms with Crippen molar-refractivity contribution in [2.24, 2.45) is 5.92 Å². The first kappa shape index (κ1) is 16.4. The smallest absolute Gasteiger partial charge is 0.261 e. The lowest BCUT2D eigenvalue weighted by molar-refractivity contribution is 0.509. The van der Waals surface area contributed by atoms with E-state index in [1.54, 1.807) is 17.4 Å². The second-order valence-electron chi connectivity index (χ2n) is 7.24. The van der Waals surface area contributed by atoms with Gasteiger partial charge in [-0.25, -0.2) is 9.97 Å². The fourth-order valence-electron chi connectivity index (χ4n) is 3.85. The molecule has 7 heteroatoms. The molecule has 0 fully saturated rings. The summed E-state index contributed by atoms with van der Waals surface area (Å²) < 4.78 is 1.49. The van der Waals surface area contributed by atoms with Crippen LogP contribution in [-0.4, -0.2) is 19.5 Å². The quantitative estimate of drug-likeness (QED) is 0.582. The number of thiophene rings is 1. The van der Waals surface area contributed by atoms with Gasteiger partial charge in [0, 0.05) is 4.88 Å². The van der Waals surface area contributed by atoms with E-state index < -0.39 is 0 Å². The zero-order valence-corrected chi connectivity index (χ0v) is 15.7.